The standard InChI is InChI=1S/C26H24FN/c1-24-19-7-3-4-8-20(19)25(2,28-24)23-16-26(23,22-10-6-5-9-21(22)24)15-17-11-13-18(27)14-12-17/h3-14,23,28H,15-16H2,1-2H3/t23?,24?,25-,26+/m0/s1. The zero-order valence-electron chi connectivity index (χ0n) is 16.3. The summed E-state index contributed by atoms with van der Waals surface area (Å²) in [6, 6.07) is 25.0. The van der Waals surface area contributed by atoms with Gasteiger partial charge in [0.1, 0.15) is 5.82 Å². The molecule has 140 valence electrons. The summed E-state index contributed by atoms with van der Waals surface area (Å²) in [5.74, 6) is 0.362. The van der Waals surface area contributed by atoms with Crippen molar-refractivity contribution in [3.8, 4) is 0 Å². The molecule has 2 bridgehead atoms. The van der Waals surface area contributed by atoms with Gasteiger partial charge in [0, 0.05) is 11.0 Å². The first-order valence-corrected chi connectivity index (χ1v) is 10.2. The molecule has 4 atom stereocenters. The van der Waals surface area contributed by atoms with Crippen LogP contribution in [0.25, 0.3) is 0 Å². The number of hydrogen-bond donors (Lipinski definition) is 1. The Labute approximate surface area is 165 Å². The van der Waals surface area contributed by atoms with Gasteiger partial charge in [0.15, 0.2) is 0 Å². The molecule has 28 heavy (non-hydrogen) atoms. The lowest BCUT2D eigenvalue weighted by molar-refractivity contribution is 0.274. The highest BCUT2D eigenvalue weighted by Gasteiger charge is 2.69. The smallest absolute Gasteiger partial charge is 0.123 e. The van der Waals surface area contributed by atoms with E-state index in [1.807, 2.05) is 12.1 Å². The van der Waals surface area contributed by atoms with Gasteiger partial charge in [-0.3, -0.25) is 5.32 Å². The lowest BCUT2D eigenvalue weighted by atomic mass is 9.72. The van der Waals surface area contributed by atoms with Crippen molar-refractivity contribution in [1.82, 2.24) is 5.32 Å². The van der Waals surface area contributed by atoms with Crippen LogP contribution in [0.5, 0.6) is 0 Å². The molecule has 1 fully saturated rings. The third kappa shape index (κ3) is 1.89. The highest BCUT2D eigenvalue weighted by atomic mass is 19.1. The van der Waals surface area contributed by atoms with Gasteiger partial charge in [-0.05, 0) is 72.6 Å². The topological polar surface area (TPSA) is 12.0 Å². The van der Waals surface area contributed by atoms with Crippen molar-refractivity contribution in [1.29, 1.82) is 0 Å². The molecule has 0 aromatic heterocycles. The van der Waals surface area contributed by atoms with E-state index in [-0.39, 0.29) is 22.3 Å². The third-order valence-electron chi connectivity index (χ3n) is 7.74. The van der Waals surface area contributed by atoms with E-state index in [1.165, 1.54) is 27.8 Å². The lowest BCUT2D eigenvalue weighted by Crippen LogP contribution is -2.45. The van der Waals surface area contributed by atoms with E-state index in [2.05, 4.69) is 67.7 Å². The van der Waals surface area contributed by atoms with Gasteiger partial charge in [0.05, 0.1) is 5.54 Å². The monoisotopic (exact) mass is 369 g/mol. The predicted octanol–water partition coefficient (Wildman–Crippen LogP) is 5.42. The third-order valence-corrected chi connectivity index (χ3v) is 7.74. The van der Waals surface area contributed by atoms with E-state index in [4.69, 9.17) is 0 Å². The van der Waals surface area contributed by atoms with Gasteiger partial charge in [0.25, 0.3) is 0 Å². The fourth-order valence-corrected chi connectivity index (χ4v) is 6.48. The van der Waals surface area contributed by atoms with Crippen molar-refractivity contribution in [2.75, 3.05) is 0 Å². The molecule has 1 heterocycles. The highest BCUT2D eigenvalue weighted by Crippen LogP contribution is 2.69. The molecular formula is C26H24FN. The Bertz CT molecular complexity index is 1100. The molecule has 2 heteroatoms. The maximum atomic E-state index is 13.5. The summed E-state index contributed by atoms with van der Waals surface area (Å²) in [5.41, 5.74) is 6.83. The van der Waals surface area contributed by atoms with Crippen LogP contribution in [0.2, 0.25) is 0 Å². The summed E-state index contributed by atoms with van der Waals surface area (Å²) in [6.45, 7) is 4.73. The minimum absolute atomic E-state index is 0.0512. The van der Waals surface area contributed by atoms with Crippen LogP contribution >= 0.6 is 0 Å². The van der Waals surface area contributed by atoms with Crippen molar-refractivity contribution in [3.05, 3.63) is 106 Å². The first kappa shape index (κ1) is 16.5. The van der Waals surface area contributed by atoms with Gasteiger partial charge < -0.3 is 0 Å². The van der Waals surface area contributed by atoms with Crippen LogP contribution in [-0.4, -0.2) is 0 Å². The van der Waals surface area contributed by atoms with Gasteiger partial charge in [0.2, 0.25) is 0 Å². The molecule has 1 nitrogen and oxygen atoms in total. The molecule has 3 aromatic carbocycles. The Kier molecular flexibility index (Phi) is 3.02. The molecule has 0 saturated heterocycles. The van der Waals surface area contributed by atoms with Crippen LogP contribution < -0.4 is 5.32 Å². The fourth-order valence-electron chi connectivity index (χ4n) is 6.48. The molecular weight excluding hydrogens is 345 g/mol. The molecule has 0 amide bonds. The summed E-state index contributed by atoms with van der Waals surface area (Å²) in [7, 11) is 0. The summed E-state index contributed by atoms with van der Waals surface area (Å²) in [5, 5.41) is 4.08. The molecule has 0 spiro atoms. The number of nitrogens with one attached hydrogen (secondary N) is 1. The molecule has 3 aromatic rings. The average Bonchev–Trinajstić information content (AvgIpc) is 3.40. The quantitative estimate of drug-likeness (QED) is 0.636. The highest BCUT2D eigenvalue weighted by molar-refractivity contribution is 5.60. The molecule has 6 rings (SSSR count). The maximum Gasteiger partial charge on any atom is 0.123 e. The molecule has 0 radical (unpaired) electrons. The molecule has 1 N–H and O–H groups in total. The van der Waals surface area contributed by atoms with Crippen LogP contribution in [0.1, 0.15) is 48.1 Å². The second kappa shape index (κ2) is 5.12. The Hall–Kier alpha value is -2.45. The second-order valence-corrected chi connectivity index (χ2v) is 9.26. The van der Waals surface area contributed by atoms with Crippen molar-refractivity contribution in [2.45, 2.75) is 43.2 Å². The lowest BCUT2D eigenvalue weighted by Gasteiger charge is -2.32. The molecule has 1 saturated carbocycles. The Morgan fingerprint density at radius 3 is 2.07 bits per heavy atom. The largest absolute Gasteiger partial charge is 0.294 e. The Balaban J connectivity index is 1.58. The van der Waals surface area contributed by atoms with Crippen molar-refractivity contribution < 1.29 is 4.39 Å². The molecule has 2 aliphatic carbocycles. The van der Waals surface area contributed by atoms with Gasteiger partial charge >= 0.3 is 0 Å². The van der Waals surface area contributed by atoms with Gasteiger partial charge in [-0.2, -0.15) is 0 Å². The normalized spacial score (nSPS) is 34.2. The number of benzene rings is 3. The minimum Gasteiger partial charge on any atom is -0.294 e. The van der Waals surface area contributed by atoms with Crippen LogP contribution in [0, 0.1) is 11.7 Å². The number of rotatable bonds is 2. The van der Waals surface area contributed by atoms with Gasteiger partial charge in [-0.15, -0.1) is 0 Å². The Morgan fingerprint density at radius 2 is 1.39 bits per heavy atom. The van der Waals surface area contributed by atoms with Gasteiger partial charge in [-0.1, -0.05) is 60.7 Å². The first-order valence-electron chi connectivity index (χ1n) is 10.2. The van der Waals surface area contributed by atoms with Crippen LogP contribution in [0.4, 0.5) is 4.39 Å². The first-order chi connectivity index (χ1) is 13.5. The zero-order chi connectivity index (χ0) is 19.1. The maximum absolute atomic E-state index is 13.5. The average molecular weight is 369 g/mol. The SMILES string of the molecule is CC12N[C@@](C)(c3ccccc31)C1C[C@]1(Cc1ccc(F)cc1)c1ccccc12. The zero-order valence-corrected chi connectivity index (χ0v) is 16.3. The summed E-state index contributed by atoms with van der Waals surface area (Å²) < 4.78 is 13.5. The van der Waals surface area contributed by atoms with Crippen molar-refractivity contribution >= 4 is 0 Å². The van der Waals surface area contributed by atoms with Crippen molar-refractivity contribution in [3.63, 3.8) is 0 Å². The van der Waals surface area contributed by atoms with E-state index in [0.29, 0.717) is 5.92 Å². The van der Waals surface area contributed by atoms with E-state index in [0.717, 1.165) is 12.8 Å². The second-order valence-electron chi connectivity index (χ2n) is 9.26. The number of fused-ring (bicyclic) bond motifs is 5. The minimum atomic E-state index is -0.175. The van der Waals surface area contributed by atoms with E-state index >= 15 is 0 Å². The summed E-state index contributed by atoms with van der Waals surface area (Å²) in [6.07, 6.45) is 2.12. The molecule has 1 aliphatic heterocycles. The number of halogens is 1. The van der Waals surface area contributed by atoms with E-state index in [1.54, 1.807) is 12.1 Å². The van der Waals surface area contributed by atoms with E-state index in [9.17, 15) is 4.39 Å². The molecule has 3 aliphatic rings. The van der Waals surface area contributed by atoms with Crippen LogP contribution in [0.15, 0.2) is 72.8 Å². The predicted molar refractivity (Wildman–Crippen MR) is 110 cm³/mol. The van der Waals surface area contributed by atoms with Crippen LogP contribution in [-0.2, 0) is 22.9 Å². The number of hydrogen-bond acceptors (Lipinski definition) is 1. The summed E-state index contributed by atoms with van der Waals surface area (Å²) in [4.78, 5) is 0. The van der Waals surface area contributed by atoms with Crippen molar-refractivity contribution in [2.24, 2.45) is 5.92 Å². The molecule has 2 unspecified atom stereocenters. The fraction of sp³-hybridized carbons (Fsp3) is 0.308. The van der Waals surface area contributed by atoms with Gasteiger partial charge in [-0.25, -0.2) is 4.39 Å². The Morgan fingerprint density at radius 1 is 0.821 bits per heavy atom. The van der Waals surface area contributed by atoms with E-state index < -0.39 is 0 Å². The summed E-state index contributed by atoms with van der Waals surface area (Å²) >= 11 is 0. The van der Waals surface area contributed by atoms with Crippen LogP contribution in [0.3, 0.4) is 0 Å².